The highest BCUT2D eigenvalue weighted by Crippen LogP contribution is 2.31. The number of hydrogen-bond acceptors (Lipinski definition) is 4. The first-order valence-corrected chi connectivity index (χ1v) is 6.37. The first-order valence-electron chi connectivity index (χ1n) is 6.37. The number of nitrogens with zero attached hydrogens (tertiary/aromatic N) is 4. The first kappa shape index (κ1) is 15.9. The van der Waals surface area contributed by atoms with Crippen LogP contribution in [-0.2, 0) is 6.18 Å². The van der Waals surface area contributed by atoms with E-state index >= 15 is 0 Å². The molecule has 0 bridgehead atoms. The lowest BCUT2D eigenvalue weighted by molar-refractivity contribution is -0.138. The van der Waals surface area contributed by atoms with Crippen molar-refractivity contribution in [2.75, 3.05) is 12.4 Å². The van der Waals surface area contributed by atoms with Crippen molar-refractivity contribution in [3.05, 3.63) is 47.2 Å². The summed E-state index contributed by atoms with van der Waals surface area (Å²) >= 11 is 0. The molecule has 2 aromatic heterocycles. The zero-order chi connectivity index (χ0) is 16.3. The second-order valence-electron chi connectivity index (χ2n) is 4.60. The number of halogens is 3. The van der Waals surface area contributed by atoms with Gasteiger partial charge in [0.2, 0.25) is 0 Å². The Labute approximate surface area is 125 Å². The summed E-state index contributed by atoms with van der Waals surface area (Å²) in [5, 5.41) is 2.90. The van der Waals surface area contributed by atoms with E-state index in [0.717, 1.165) is 6.20 Å². The smallest absolute Gasteiger partial charge is 0.325 e. The van der Waals surface area contributed by atoms with Crippen LogP contribution in [0.5, 0.6) is 0 Å². The monoisotopic (exact) mass is 309 g/mol. The van der Waals surface area contributed by atoms with Gasteiger partial charge in [-0.3, -0.25) is 4.99 Å². The highest BCUT2D eigenvalue weighted by molar-refractivity contribution is 6.08. The lowest BCUT2D eigenvalue weighted by Crippen LogP contribution is -2.17. The second-order valence-corrected chi connectivity index (χ2v) is 4.60. The average Bonchev–Trinajstić information content (AvgIpc) is 2.44. The van der Waals surface area contributed by atoms with Gasteiger partial charge in [0.25, 0.3) is 0 Å². The highest BCUT2D eigenvalue weighted by Gasteiger charge is 2.32. The van der Waals surface area contributed by atoms with Gasteiger partial charge >= 0.3 is 6.18 Å². The number of aryl methyl sites for hydroxylation is 2. The van der Waals surface area contributed by atoms with Crippen molar-refractivity contribution in [1.82, 2.24) is 15.0 Å². The van der Waals surface area contributed by atoms with Gasteiger partial charge in [0.05, 0.1) is 16.8 Å². The molecule has 8 heteroatoms. The number of aromatic nitrogens is 3. The Bertz CT molecular complexity index is 710. The van der Waals surface area contributed by atoms with Crippen LogP contribution in [0.3, 0.4) is 0 Å². The topological polar surface area (TPSA) is 63.1 Å². The summed E-state index contributed by atoms with van der Waals surface area (Å²) in [4.78, 5) is 15.8. The summed E-state index contributed by atoms with van der Waals surface area (Å²) in [6, 6.07) is 1.33. The number of pyridine rings is 1. The molecule has 0 aliphatic carbocycles. The van der Waals surface area contributed by atoms with Gasteiger partial charge in [-0.25, -0.2) is 15.0 Å². The van der Waals surface area contributed by atoms with E-state index in [4.69, 9.17) is 0 Å². The van der Waals surface area contributed by atoms with Crippen molar-refractivity contribution in [2.45, 2.75) is 20.0 Å². The molecular weight excluding hydrogens is 295 g/mol. The number of rotatable bonds is 2. The maximum atomic E-state index is 12.7. The summed E-state index contributed by atoms with van der Waals surface area (Å²) in [6.07, 6.45) is -0.623. The minimum atomic E-state index is -4.42. The summed E-state index contributed by atoms with van der Waals surface area (Å²) in [5.41, 5.74) is 0.685. The standard InChI is InChI=1S/C14H14F3N5/c1-8-4-12(20-6-11(8)14(15,16)17)22-13(18-3)10-5-19-7-21-9(10)2/h4-7H,1-3H3,(H,18,20,22). The normalized spacial score (nSPS) is 12.4. The van der Waals surface area contributed by atoms with Crippen LogP contribution in [0.15, 0.2) is 29.8 Å². The second kappa shape index (κ2) is 6.08. The molecule has 0 amide bonds. The fraction of sp³-hybridized carbons (Fsp3) is 0.286. The molecule has 0 atom stereocenters. The third-order valence-electron chi connectivity index (χ3n) is 3.05. The van der Waals surface area contributed by atoms with E-state index in [1.165, 1.54) is 19.3 Å². The molecule has 0 spiro atoms. The van der Waals surface area contributed by atoms with Gasteiger partial charge in [0, 0.05) is 19.4 Å². The van der Waals surface area contributed by atoms with Crippen LogP contribution in [-0.4, -0.2) is 27.8 Å². The van der Waals surface area contributed by atoms with Crippen LogP contribution in [0.1, 0.15) is 22.4 Å². The molecule has 0 aliphatic rings. The van der Waals surface area contributed by atoms with E-state index in [1.54, 1.807) is 20.2 Å². The number of alkyl halides is 3. The summed E-state index contributed by atoms with van der Waals surface area (Å²) in [6.45, 7) is 3.17. The average molecular weight is 309 g/mol. The van der Waals surface area contributed by atoms with Crippen molar-refractivity contribution >= 4 is 11.7 Å². The Morgan fingerprint density at radius 1 is 1.18 bits per heavy atom. The van der Waals surface area contributed by atoms with Crippen LogP contribution in [0.4, 0.5) is 19.0 Å². The largest absolute Gasteiger partial charge is 0.418 e. The maximum Gasteiger partial charge on any atom is 0.418 e. The van der Waals surface area contributed by atoms with Crippen molar-refractivity contribution in [3.63, 3.8) is 0 Å². The Hall–Kier alpha value is -2.51. The summed E-state index contributed by atoms with van der Waals surface area (Å²) in [5.74, 6) is 0.708. The number of anilines is 1. The van der Waals surface area contributed by atoms with Crippen molar-refractivity contribution < 1.29 is 13.2 Å². The molecule has 0 aromatic carbocycles. The Morgan fingerprint density at radius 2 is 1.91 bits per heavy atom. The van der Waals surface area contributed by atoms with Crippen LogP contribution in [0.25, 0.3) is 0 Å². The van der Waals surface area contributed by atoms with Crippen LogP contribution < -0.4 is 5.32 Å². The third-order valence-corrected chi connectivity index (χ3v) is 3.05. The quantitative estimate of drug-likeness (QED) is 0.684. The molecule has 0 aliphatic heterocycles. The minimum Gasteiger partial charge on any atom is -0.325 e. The van der Waals surface area contributed by atoms with Gasteiger partial charge in [0.15, 0.2) is 0 Å². The van der Waals surface area contributed by atoms with Gasteiger partial charge in [-0.15, -0.1) is 0 Å². The van der Waals surface area contributed by atoms with Crippen molar-refractivity contribution in [1.29, 1.82) is 0 Å². The molecule has 1 N–H and O–H groups in total. The Morgan fingerprint density at radius 3 is 2.45 bits per heavy atom. The fourth-order valence-corrected chi connectivity index (χ4v) is 1.91. The number of amidine groups is 1. The van der Waals surface area contributed by atoms with Gasteiger partial charge in [-0.05, 0) is 25.5 Å². The van der Waals surface area contributed by atoms with Gasteiger partial charge < -0.3 is 5.32 Å². The molecule has 0 saturated heterocycles. The first-order chi connectivity index (χ1) is 10.3. The number of aliphatic imine (C=N–C) groups is 1. The lowest BCUT2D eigenvalue weighted by Gasteiger charge is -2.13. The molecule has 116 valence electrons. The molecule has 0 radical (unpaired) electrons. The van der Waals surface area contributed by atoms with E-state index in [0.29, 0.717) is 17.1 Å². The number of hydrogen-bond donors (Lipinski definition) is 1. The molecule has 0 saturated carbocycles. The molecule has 2 heterocycles. The SMILES string of the molecule is CN=C(Nc1cc(C)c(C(F)(F)F)cn1)c1cncnc1C. The van der Waals surface area contributed by atoms with Crippen molar-refractivity contribution in [2.24, 2.45) is 4.99 Å². The Kier molecular flexibility index (Phi) is 4.39. The third kappa shape index (κ3) is 3.38. The minimum absolute atomic E-state index is 0.0847. The van der Waals surface area contributed by atoms with Gasteiger partial charge in [-0.1, -0.05) is 0 Å². The molecule has 2 aromatic rings. The zero-order valence-electron chi connectivity index (χ0n) is 12.2. The van der Waals surface area contributed by atoms with Gasteiger partial charge in [0.1, 0.15) is 18.0 Å². The molecule has 0 unspecified atom stereocenters. The van der Waals surface area contributed by atoms with Crippen LogP contribution in [0, 0.1) is 13.8 Å². The molecule has 2 rings (SSSR count). The zero-order valence-corrected chi connectivity index (χ0v) is 12.2. The Balaban J connectivity index is 2.31. The van der Waals surface area contributed by atoms with E-state index < -0.39 is 11.7 Å². The molecular formula is C14H14F3N5. The van der Waals surface area contributed by atoms with E-state index in [-0.39, 0.29) is 11.4 Å². The highest BCUT2D eigenvalue weighted by atomic mass is 19.4. The van der Waals surface area contributed by atoms with Gasteiger partial charge in [-0.2, -0.15) is 13.2 Å². The molecule has 5 nitrogen and oxygen atoms in total. The van der Waals surface area contributed by atoms with Crippen LogP contribution >= 0.6 is 0 Å². The van der Waals surface area contributed by atoms with E-state index in [9.17, 15) is 13.2 Å². The summed E-state index contributed by atoms with van der Waals surface area (Å²) < 4.78 is 38.2. The van der Waals surface area contributed by atoms with Crippen molar-refractivity contribution in [3.8, 4) is 0 Å². The number of nitrogens with one attached hydrogen (secondary N) is 1. The van der Waals surface area contributed by atoms with Crippen LogP contribution in [0.2, 0.25) is 0 Å². The van der Waals surface area contributed by atoms with E-state index in [1.807, 2.05) is 0 Å². The van der Waals surface area contributed by atoms with E-state index in [2.05, 4.69) is 25.3 Å². The predicted octanol–water partition coefficient (Wildman–Crippen LogP) is 3.00. The lowest BCUT2D eigenvalue weighted by atomic mass is 10.1. The molecule has 22 heavy (non-hydrogen) atoms. The molecule has 0 fully saturated rings. The maximum absolute atomic E-state index is 12.7. The fourth-order valence-electron chi connectivity index (χ4n) is 1.91. The summed E-state index contributed by atoms with van der Waals surface area (Å²) in [7, 11) is 1.56. The predicted molar refractivity (Wildman–Crippen MR) is 76.8 cm³/mol.